The van der Waals surface area contributed by atoms with E-state index < -0.39 is 0 Å². The Morgan fingerprint density at radius 3 is 0.704 bits per heavy atom. The van der Waals surface area contributed by atoms with Crippen LogP contribution < -0.4 is 0 Å². The molecule has 0 aliphatic carbocycles. The van der Waals surface area contributed by atoms with Gasteiger partial charge in [0.15, 0.2) is 0 Å². The fraction of sp³-hybridized carbons (Fsp3) is 1.00. The van der Waals surface area contributed by atoms with Gasteiger partial charge in [-0.05, 0) is 0 Å². The van der Waals surface area contributed by atoms with Crippen LogP contribution in [0.15, 0.2) is 0 Å². The molecule has 0 bridgehead atoms. The number of unbranched alkanes of at least 4 members (excludes halogenated alkanes) is 18. The minimum Gasteiger partial charge on any atom is -0.793 e. The van der Waals surface area contributed by atoms with Crippen LogP contribution in [-0.4, -0.2) is 35.9 Å². The van der Waals surface area contributed by atoms with E-state index in [2.05, 4.69) is 13.8 Å². The Balaban J connectivity index is -0.000000411. The first-order chi connectivity index (χ1) is 12.8. The molecule has 27 heavy (non-hydrogen) atoms. The number of hydrogen-bond acceptors (Lipinski definition) is 2. The van der Waals surface area contributed by atoms with Crippen molar-refractivity contribution in [1.29, 1.82) is 0 Å². The minimum atomic E-state index is 0. The van der Waals surface area contributed by atoms with Crippen LogP contribution >= 0.6 is 0 Å². The zero-order chi connectivity index (χ0) is 19.6. The summed E-state index contributed by atoms with van der Waals surface area (Å²) >= 11 is 9.80. The molecule has 0 rings (SSSR count). The first-order valence-corrected chi connectivity index (χ1v) is 13.1. The summed E-state index contributed by atoms with van der Waals surface area (Å²) < 4.78 is 0. The standard InChI is InChI=1S/2C12H26S.Sb/c2*1-2-3-4-5-6-7-8-9-10-11-12-13;/h2*13H,2-12H2,1H3;/p-2. The molecule has 0 saturated carbocycles. The average Bonchev–Trinajstić information content (AvgIpc) is 2.66. The van der Waals surface area contributed by atoms with Gasteiger partial charge in [-0.15, -0.1) is 0 Å². The van der Waals surface area contributed by atoms with Crippen molar-refractivity contribution in [1.82, 2.24) is 0 Å². The van der Waals surface area contributed by atoms with Crippen LogP contribution in [0.2, 0.25) is 0 Å². The van der Waals surface area contributed by atoms with Gasteiger partial charge in [-0.2, -0.15) is 11.5 Å². The summed E-state index contributed by atoms with van der Waals surface area (Å²) in [5, 5.41) is 0. The second-order valence-electron chi connectivity index (χ2n) is 7.77. The molecule has 0 atom stereocenters. The molecule has 165 valence electrons. The van der Waals surface area contributed by atoms with E-state index in [0.29, 0.717) is 0 Å². The Labute approximate surface area is 202 Å². The molecule has 0 aliphatic heterocycles. The number of hydrogen-bond donors (Lipinski definition) is 0. The van der Waals surface area contributed by atoms with Crippen LogP contribution in [-0.2, 0) is 25.3 Å². The van der Waals surface area contributed by atoms with Crippen molar-refractivity contribution in [3.8, 4) is 0 Å². The van der Waals surface area contributed by atoms with Gasteiger partial charge in [-0.1, -0.05) is 142 Å². The Kier molecular flexibility index (Phi) is 43.0. The van der Waals surface area contributed by atoms with E-state index in [1.807, 2.05) is 0 Å². The van der Waals surface area contributed by atoms with Crippen molar-refractivity contribution in [3.05, 3.63) is 0 Å². The van der Waals surface area contributed by atoms with E-state index in [9.17, 15) is 0 Å². The predicted octanol–water partition coefficient (Wildman–Crippen LogP) is 8.53. The smallest absolute Gasteiger partial charge is 0 e. The summed E-state index contributed by atoms with van der Waals surface area (Å²) in [7, 11) is 0. The first-order valence-electron chi connectivity index (χ1n) is 12.0. The second kappa shape index (κ2) is 35.0. The summed E-state index contributed by atoms with van der Waals surface area (Å²) in [6, 6.07) is 0. The van der Waals surface area contributed by atoms with Gasteiger partial charge in [-0.3, -0.25) is 0 Å². The summed E-state index contributed by atoms with van der Waals surface area (Å²) in [6.07, 6.45) is 28.1. The number of rotatable bonds is 20. The quantitative estimate of drug-likeness (QED) is 0.0889. The molecule has 0 aromatic heterocycles. The third-order valence-electron chi connectivity index (χ3n) is 5.00. The molecular weight excluding hydrogens is 474 g/mol. The van der Waals surface area contributed by atoms with Gasteiger partial charge in [-0.25, -0.2) is 0 Å². The van der Waals surface area contributed by atoms with Gasteiger partial charge in [0, 0.05) is 24.4 Å². The summed E-state index contributed by atoms with van der Waals surface area (Å²) in [5.41, 5.74) is 0. The molecule has 3 heteroatoms. The predicted molar refractivity (Wildman–Crippen MR) is 134 cm³/mol. The zero-order valence-electron chi connectivity index (χ0n) is 18.8. The van der Waals surface area contributed by atoms with Gasteiger partial charge >= 0.3 is 0 Å². The summed E-state index contributed by atoms with van der Waals surface area (Å²) in [6.45, 7) is 4.55. The van der Waals surface area contributed by atoms with Crippen LogP contribution in [0, 0.1) is 0 Å². The molecule has 3 radical (unpaired) electrons. The fourth-order valence-corrected chi connectivity index (χ4v) is 3.59. The third kappa shape index (κ3) is 38.7. The zero-order valence-corrected chi connectivity index (χ0v) is 23.0. The first kappa shape index (κ1) is 33.2. The van der Waals surface area contributed by atoms with Crippen LogP contribution in [0.5, 0.6) is 0 Å². The van der Waals surface area contributed by atoms with E-state index in [-0.39, 0.29) is 24.4 Å². The van der Waals surface area contributed by atoms with E-state index in [1.165, 1.54) is 128 Å². The van der Waals surface area contributed by atoms with E-state index in [0.717, 1.165) is 11.5 Å². The average molecular weight is 525 g/mol. The van der Waals surface area contributed by atoms with Crippen LogP contribution in [0.1, 0.15) is 142 Å². The molecule has 0 N–H and O–H groups in total. The molecule has 0 aromatic rings. The molecule has 0 aromatic carbocycles. The monoisotopic (exact) mass is 523 g/mol. The molecule has 0 spiro atoms. The normalized spacial score (nSPS) is 10.2. The SMILES string of the molecule is CCCCCCCCCCCC[S-].CCCCCCCCCCCC[S-].[Sb]. The topological polar surface area (TPSA) is 0 Å². The minimum absolute atomic E-state index is 0. The largest absolute Gasteiger partial charge is 0.793 e. The Morgan fingerprint density at radius 2 is 0.519 bits per heavy atom. The maximum absolute atomic E-state index is 4.90. The van der Waals surface area contributed by atoms with Crippen molar-refractivity contribution < 1.29 is 0 Å². The summed E-state index contributed by atoms with van der Waals surface area (Å²) in [4.78, 5) is 0. The van der Waals surface area contributed by atoms with Crippen molar-refractivity contribution in [2.24, 2.45) is 0 Å². The third-order valence-corrected chi connectivity index (χ3v) is 5.57. The Hall–Kier alpha value is 1.52. The molecule has 0 saturated heterocycles. The van der Waals surface area contributed by atoms with Crippen LogP contribution in [0.25, 0.3) is 0 Å². The van der Waals surface area contributed by atoms with E-state index in [4.69, 9.17) is 25.3 Å². The van der Waals surface area contributed by atoms with Crippen molar-refractivity contribution >= 4 is 49.7 Å². The molecule has 0 aliphatic rings. The van der Waals surface area contributed by atoms with E-state index >= 15 is 0 Å². The van der Waals surface area contributed by atoms with Gasteiger partial charge in [0.2, 0.25) is 0 Å². The van der Waals surface area contributed by atoms with Crippen LogP contribution in [0.4, 0.5) is 0 Å². The molecule has 0 fully saturated rings. The van der Waals surface area contributed by atoms with Crippen LogP contribution in [0.3, 0.4) is 0 Å². The van der Waals surface area contributed by atoms with E-state index in [1.54, 1.807) is 0 Å². The van der Waals surface area contributed by atoms with Crippen molar-refractivity contribution in [2.75, 3.05) is 11.5 Å². The van der Waals surface area contributed by atoms with Gasteiger partial charge in [0.05, 0.1) is 0 Å². The summed E-state index contributed by atoms with van der Waals surface area (Å²) in [5.74, 6) is 1.91. The fourth-order valence-electron chi connectivity index (χ4n) is 3.18. The van der Waals surface area contributed by atoms with Gasteiger partial charge in [0.25, 0.3) is 0 Å². The molecular formula is C24H50S2Sb-2. The maximum atomic E-state index is 4.90. The Bertz CT molecular complexity index is 171. The van der Waals surface area contributed by atoms with Gasteiger partial charge in [0.1, 0.15) is 0 Å². The second-order valence-corrected chi connectivity index (χ2v) is 8.59. The van der Waals surface area contributed by atoms with Crippen molar-refractivity contribution in [2.45, 2.75) is 142 Å². The van der Waals surface area contributed by atoms with Gasteiger partial charge < -0.3 is 25.3 Å². The molecule has 0 unspecified atom stereocenters. The molecule has 0 amide bonds. The Morgan fingerprint density at radius 1 is 0.333 bits per heavy atom. The maximum Gasteiger partial charge on any atom is 0 e. The molecule has 0 heterocycles. The molecule has 0 nitrogen and oxygen atoms in total. The van der Waals surface area contributed by atoms with Crippen molar-refractivity contribution in [3.63, 3.8) is 0 Å².